The second kappa shape index (κ2) is 5.53. The molecule has 94 valence electrons. The second-order valence-corrected chi connectivity index (χ2v) is 4.74. The Kier molecular flexibility index (Phi) is 4.59. The van der Waals surface area contributed by atoms with Crippen molar-refractivity contribution in [2.45, 2.75) is 58.2 Å². The summed E-state index contributed by atoms with van der Waals surface area (Å²) in [5.41, 5.74) is -0.354. The van der Waals surface area contributed by atoms with Crippen LogP contribution in [0.15, 0.2) is 0 Å². The molecule has 0 aromatic heterocycles. The normalized spacial score (nSPS) is 18.6. The number of carbonyl (C=O) groups is 1. The summed E-state index contributed by atoms with van der Waals surface area (Å²) in [6.07, 6.45) is 2.47. The van der Waals surface area contributed by atoms with Crippen LogP contribution in [0.3, 0.4) is 0 Å². The Bertz CT molecular complexity index is 230. The number of aliphatic hydroxyl groups excluding tert-OH is 1. The van der Waals surface area contributed by atoms with Crippen LogP contribution in [0.2, 0.25) is 0 Å². The highest BCUT2D eigenvalue weighted by Gasteiger charge is 2.29. The summed E-state index contributed by atoms with van der Waals surface area (Å²) in [4.78, 5) is 13.6. The van der Waals surface area contributed by atoms with Crippen molar-refractivity contribution in [3.05, 3.63) is 0 Å². The first-order chi connectivity index (χ1) is 7.50. The fourth-order valence-corrected chi connectivity index (χ4v) is 1.72. The molecule has 4 nitrogen and oxygen atoms in total. The quantitative estimate of drug-likeness (QED) is 0.806. The molecule has 16 heavy (non-hydrogen) atoms. The van der Waals surface area contributed by atoms with E-state index in [1.807, 2.05) is 20.8 Å². The maximum absolute atomic E-state index is 11.9. The van der Waals surface area contributed by atoms with Crippen LogP contribution in [0.1, 0.15) is 46.5 Å². The van der Waals surface area contributed by atoms with Crippen LogP contribution in [-0.4, -0.2) is 40.9 Å². The number of hydrogen-bond acceptors (Lipinski definition) is 3. The molecule has 1 aliphatic heterocycles. The van der Waals surface area contributed by atoms with Crippen LogP contribution in [0.5, 0.6) is 0 Å². The third kappa shape index (κ3) is 3.37. The molecule has 1 aliphatic rings. The summed E-state index contributed by atoms with van der Waals surface area (Å²) in [7, 11) is 0. The zero-order valence-electron chi connectivity index (χ0n) is 10.5. The van der Waals surface area contributed by atoms with Gasteiger partial charge in [0.1, 0.15) is 5.60 Å². The van der Waals surface area contributed by atoms with Gasteiger partial charge in [-0.15, -0.1) is 0 Å². The Hall–Kier alpha value is -0.770. The number of hydrogen-bond donors (Lipinski definition) is 1. The van der Waals surface area contributed by atoms with Crippen molar-refractivity contribution in [1.82, 2.24) is 4.90 Å². The molecule has 0 radical (unpaired) electrons. The predicted molar refractivity (Wildman–Crippen MR) is 62.3 cm³/mol. The number of aliphatic hydroxyl groups is 1. The summed E-state index contributed by atoms with van der Waals surface area (Å²) in [6.45, 7) is 7.21. The van der Waals surface area contributed by atoms with Crippen LogP contribution in [0.4, 0.5) is 4.79 Å². The van der Waals surface area contributed by atoms with E-state index < -0.39 is 0 Å². The molecular weight excluding hydrogens is 206 g/mol. The molecule has 0 aliphatic carbocycles. The number of amides is 1. The molecule has 1 N–H and O–H groups in total. The van der Waals surface area contributed by atoms with Gasteiger partial charge in [-0.2, -0.15) is 0 Å². The molecule has 0 aromatic rings. The molecule has 1 saturated heterocycles. The van der Waals surface area contributed by atoms with Gasteiger partial charge in [0.15, 0.2) is 0 Å². The number of carbonyl (C=O) groups excluding carboxylic acids is 1. The number of likely N-dealkylation sites (tertiary alicyclic amines) is 1. The molecule has 0 bridgehead atoms. The number of piperidine rings is 1. The monoisotopic (exact) mass is 229 g/mol. The van der Waals surface area contributed by atoms with E-state index in [9.17, 15) is 9.90 Å². The van der Waals surface area contributed by atoms with Gasteiger partial charge in [0, 0.05) is 13.1 Å². The van der Waals surface area contributed by atoms with Gasteiger partial charge in [-0.3, -0.25) is 0 Å². The van der Waals surface area contributed by atoms with E-state index >= 15 is 0 Å². The topological polar surface area (TPSA) is 49.8 Å². The van der Waals surface area contributed by atoms with E-state index in [1.54, 1.807) is 4.90 Å². The molecule has 0 aromatic carbocycles. The first-order valence-corrected chi connectivity index (χ1v) is 6.16. The van der Waals surface area contributed by atoms with Crippen LogP contribution >= 0.6 is 0 Å². The van der Waals surface area contributed by atoms with Crippen LogP contribution in [0.25, 0.3) is 0 Å². The molecule has 0 saturated carbocycles. The van der Waals surface area contributed by atoms with E-state index in [0.29, 0.717) is 25.9 Å². The minimum absolute atomic E-state index is 0.238. The average Bonchev–Trinajstić information content (AvgIpc) is 2.29. The molecule has 0 atom stereocenters. The Labute approximate surface area is 97.6 Å². The number of rotatable bonds is 3. The molecule has 0 spiro atoms. The van der Waals surface area contributed by atoms with E-state index in [-0.39, 0.29) is 17.8 Å². The number of ether oxygens (including phenoxy) is 1. The lowest BCUT2D eigenvalue weighted by Gasteiger charge is -2.34. The second-order valence-electron chi connectivity index (χ2n) is 4.74. The lowest BCUT2D eigenvalue weighted by molar-refractivity contribution is -0.0128. The van der Waals surface area contributed by atoms with Gasteiger partial charge in [0.25, 0.3) is 0 Å². The van der Waals surface area contributed by atoms with Crippen LogP contribution in [0, 0.1) is 0 Å². The summed E-state index contributed by atoms with van der Waals surface area (Å²) in [5.74, 6) is 0. The molecule has 1 fully saturated rings. The van der Waals surface area contributed by atoms with Gasteiger partial charge in [0.05, 0.1) is 6.10 Å². The lowest BCUT2D eigenvalue weighted by Crippen LogP contribution is -2.44. The first kappa shape index (κ1) is 13.3. The van der Waals surface area contributed by atoms with Gasteiger partial charge in [-0.25, -0.2) is 4.79 Å². The lowest BCUT2D eigenvalue weighted by atomic mass is 10.0. The van der Waals surface area contributed by atoms with Crippen molar-refractivity contribution in [1.29, 1.82) is 0 Å². The maximum atomic E-state index is 11.9. The first-order valence-electron chi connectivity index (χ1n) is 6.16. The zero-order chi connectivity index (χ0) is 12.2. The van der Waals surface area contributed by atoms with Crippen molar-refractivity contribution in [2.24, 2.45) is 0 Å². The molecule has 1 rings (SSSR count). The minimum atomic E-state index is -0.354. The van der Waals surface area contributed by atoms with Crippen LogP contribution in [-0.2, 0) is 4.74 Å². The molecule has 1 amide bonds. The predicted octanol–water partition coefficient (Wildman–Crippen LogP) is 2.16. The van der Waals surface area contributed by atoms with Crippen LogP contribution < -0.4 is 0 Å². The van der Waals surface area contributed by atoms with Crippen molar-refractivity contribution in [2.75, 3.05) is 13.1 Å². The van der Waals surface area contributed by atoms with Crippen molar-refractivity contribution in [3.63, 3.8) is 0 Å². The van der Waals surface area contributed by atoms with Crippen molar-refractivity contribution >= 4 is 6.09 Å². The van der Waals surface area contributed by atoms with Gasteiger partial charge in [-0.05, 0) is 32.6 Å². The van der Waals surface area contributed by atoms with E-state index in [1.165, 1.54) is 0 Å². The Morgan fingerprint density at radius 2 is 1.88 bits per heavy atom. The zero-order valence-corrected chi connectivity index (χ0v) is 10.5. The fourth-order valence-electron chi connectivity index (χ4n) is 1.72. The Balaban J connectivity index is 2.46. The summed E-state index contributed by atoms with van der Waals surface area (Å²) < 4.78 is 5.52. The van der Waals surface area contributed by atoms with E-state index in [4.69, 9.17) is 4.74 Å². The Morgan fingerprint density at radius 3 is 2.31 bits per heavy atom. The number of nitrogens with zero attached hydrogens (tertiary/aromatic N) is 1. The summed E-state index contributed by atoms with van der Waals surface area (Å²) in [5, 5.41) is 9.35. The highest BCUT2D eigenvalue weighted by molar-refractivity contribution is 5.68. The van der Waals surface area contributed by atoms with Gasteiger partial charge < -0.3 is 14.7 Å². The smallest absolute Gasteiger partial charge is 0.410 e. The van der Waals surface area contributed by atoms with E-state index in [0.717, 1.165) is 12.8 Å². The van der Waals surface area contributed by atoms with Gasteiger partial charge in [0.2, 0.25) is 0 Å². The largest absolute Gasteiger partial charge is 0.443 e. The minimum Gasteiger partial charge on any atom is -0.443 e. The van der Waals surface area contributed by atoms with Gasteiger partial charge in [-0.1, -0.05) is 13.8 Å². The highest BCUT2D eigenvalue weighted by Crippen LogP contribution is 2.21. The van der Waals surface area contributed by atoms with Crippen molar-refractivity contribution in [3.8, 4) is 0 Å². The molecule has 0 unspecified atom stereocenters. The maximum Gasteiger partial charge on any atom is 0.410 e. The van der Waals surface area contributed by atoms with Crippen molar-refractivity contribution < 1.29 is 14.6 Å². The molecule has 1 heterocycles. The van der Waals surface area contributed by atoms with E-state index in [2.05, 4.69) is 0 Å². The molecule has 4 heteroatoms. The summed E-state index contributed by atoms with van der Waals surface area (Å²) >= 11 is 0. The third-order valence-electron chi connectivity index (χ3n) is 3.55. The Morgan fingerprint density at radius 1 is 1.38 bits per heavy atom. The highest BCUT2D eigenvalue weighted by atomic mass is 16.6. The SMILES string of the molecule is CCC(C)(CC)OC(=O)N1CCC(O)CC1. The fraction of sp³-hybridized carbons (Fsp3) is 0.917. The third-order valence-corrected chi connectivity index (χ3v) is 3.55. The average molecular weight is 229 g/mol. The standard InChI is InChI=1S/C12H23NO3/c1-4-12(3,5-2)16-11(15)13-8-6-10(14)7-9-13/h10,14H,4-9H2,1-3H3. The summed E-state index contributed by atoms with van der Waals surface area (Å²) in [6, 6.07) is 0. The molecular formula is C12H23NO3. The van der Waals surface area contributed by atoms with Gasteiger partial charge >= 0.3 is 6.09 Å².